The van der Waals surface area contributed by atoms with E-state index in [1.54, 1.807) is 0 Å². The quantitative estimate of drug-likeness (QED) is 0.835. The number of carbonyl (C=O) groups excluding carboxylic acids is 1. The summed E-state index contributed by atoms with van der Waals surface area (Å²) in [5, 5.41) is 13.7. The molecule has 23 heavy (non-hydrogen) atoms. The number of aliphatic hydroxyl groups is 1. The summed E-state index contributed by atoms with van der Waals surface area (Å²) in [6, 6.07) is 0.547. The van der Waals surface area contributed by atoms with Gasteiger partial charge in [-0.15, -0.1) is 0 Å². The summed E-state index contributed by atoms with van der Waals surface area (Å²) < 4.78 is 0. The molecule has 1 aliphatic heterocycles. The molecule has 4 bridgehead atoms. The number of likely N-dealkylation sites (tertiary alicyclic amines) is 1. The third kappa shape index (κ3) is 3.05. The Labute approximate surface area is 140 Å². The van der Waals surface area contributed by atoms with Crippen LogP contribution in [0.5, 0.6) is 0 Å². The van der Waals surface area contributed by atoms with Crippen LogP contribution in [0.2, 0.25) is 0 Å². The summed E-state index contributed by atoms with van der Waals surface area (Å²) in [5.41, 5.74) is -0.723. The number of carbonyl (C=O) groups is 1. The lowest BCUT2D eigenvalue weighted by Crippen LogP contribution is -2.57. The first-order valence-electron chi connectivity index (χ1n) is 9.66. The van der Waals surface area contributed by atoms with Gasteiger partial charge in [0.1, 0.15) is 0 Å². The maximum absolute atomic E-state index is 12.6. The minimum Gasteiger partial charge on any atom is -0.389 e. The predicted octanol–water partition coefficient (Wildman–Crippen LogP) is 2.16. The average Bonchev–Trinajstić information content (AvgIpc) is 2.90. The van der Waals surface area contributed by atoms with E-state index in [-0.39, 0.29) is 11.9 Å². The van der Waals surface area contributed by atoms with E-state index in [1.165, 1.54) is 32.1 Å². The molecule has 4 aliphatic carbocycles. The molecule has 4 saturated carbocycles. The monoisotopic (exact) mass is 320 g/mol. The number of amides is 1. The smallest absolute Gasteiger partial charge is 0.234 e. The molecule has 1 saturated heterocycles. The van der Waals surface area contributed by atoms with Crippen LogP contribution in [0.4, 0.5) is 0 Å². The zero-order chi connectivity index (χ0) is 16.2. The second kappa shape index (κ2) is 5.73. The second-order valence-corrected chi connectivity index (χ2v) is 9.31. The van der Waals surface area contributed by atoms with E-state index in [0.717, 1.165) is 43.1 Å². The Morgan fingerprint density at radius 2 is 1.74 bits per heavy atom. The molecule has 5 fully saturated rings. The van der Waals surface area contributed by atoms with Crippen molar-refractivity contribution in [2.75, 3.05) is 13.1 Å². The normalized spacial score (nSPS) is 43.1. The van der Waals surface area contributed by atoms with E-state index < -0.39 is 5.60 Å². The molecule has 1 atom stereocenters. The number of rotatable bonds is 4. The van der Waals surface area contributed by atoms with Gasteiger partial charge < -0.3 is 10.4 Å². The van der Waals surface area contributed by atoms with Gasteiger partial charge in [0.05, 0.1) is 12.1 Å². The fraction of sp³-hybridized carbons (Fsp3) is 0.947. The molecule has 4 heteroatoms. The van der Waals surface area contributed by atoms with E-state index in [1.807, 2.05) is 13.8 Å². The van der Waals surface area contributed by atoms with Crippen LogP contribution < -0.4 is 5.32 Å². The summed E-state index contributed by atoms with van der Waals surface area (Å²) in [7, 11) is 0. The summed E-state index contributed by atoms with van der Waals surface area (Å²) in [5.74, 6) is 3.55. The molecular formula is C19H32N2O2. The molecule has 0 aromatic carbocycles. The number of nitrogens with zero attached hydrogens (tertiary/aromatic N) is 1. The van der Waals surface area contributed by atoms with Crippen molar-refractivity contribution >= 4 is 5.91 Å². The Morgan fingerprint density at radius 1 is 1.13 bits per heavy atom. The summed E-state index contributed by atoms with van der Waals surface area (Å²) in [4.78, 5) is 14.8. The fourth-order valence-electron chi connectivity index (χ4n) is 6.39. The van der Waals surface area contributed by atoms with Gasteiger partial charge in [-0.05, 0) is 89.0 Å². The Morgan fingerprint density at radius 3 is 2.30 bits per heavy atom. The highest BCUT2D eigenvalue weighted by Crippen LogP contribution is 2.53. The molecule has 1 amide bonds. The molecule has 5 rings (SSSR count). The Hall–Kier alpha value is -0.610. The maximum atomic E-state index is 12.6. The van der Waals surface area contributed by atoms with Crippen molar-refractivity contribution in [2.24, 2.45) is 23.7 Å². The Balaban J connectivity index is 1.35. The van der Waals surface area contributed by atoms with Gasteiger partial charge in [-0.25, -0.2) is 0 Å². The Bertz CT molecular complexity index is 442. The van der Waals surface area contributed by atoms with Gasteiger partial charge in [0.25, 0.3) is 0 Å². The van der Waals surface area contributed by atoms with Crippen molar-refractivity contribution in [3.63, 3.8) is 0 Å². The van der Waals surface area contributed by atoms with Crippen molar-refractivity contribution in [1.82, 2.24) is 10.2 Å². The van der Waals surface area contributed by atoms with Crippen molar-refractivity contribution in [2.45, 2.75) is 76.5 Å². The lowest BCUT2D eigenvalue weighted by Gasteiger charge is -2.54. The van der Waals surface area contributed by atoms with Crippen LogP contribution in [0.15, 0.2) is 0 Å². The highest BCUT2D eigenvalue weighted by atomic mass is 16.3. The van der Waals surface area contributed by atoms with Gasteiger partial charge in [0, 0.05) is 12.1 Å². The molecule has 0 radical (unpaired) electrons. The van der Waals surface area contributed by atoms with Crippen LogP contribution in [0, 0.1) is 23.7 Å². The molecule has 2 N–H and O–H groups in total. The molecular weight excluding hydrogens is 288 g/mol. The highest BCUT2D eigenvalue weighted by Gasteiger charge is 2.48. The summed E-state index contributed by atoms with van der Waals surface area (Å²) in [6.07, 6.45) is 8.90. The molecule has 0 aromatic rings. The highest BCUT2D eigenvalue weighted by molar-refractivity contribution is 5.78. The van der Waals surface area contributed by atoms with Gasteiger partial charge in [-0.2, -0.15) is 0 Å². The van der Waals surface area contributed by atoms with E-state index in [4.69, 9.17) is 0 Å². The van der Waals surface area contributed by atoms with E-state index >= 15 is 0 Å². The lowest BCUT2D eigenvalue weighted by molar-refractivity contribution is -0.127. The van der Waals surface area contributed by atoms with Crippen LogP contribution in [-0.2, 0) is 4.79 Å². The summed E-state index contributed by atoms with van der Waals surface area (Å²) in [6.45, 7) is 5.12. The van der Waals surface area contributed by atoms with Crippen LogP contribution in [-0.4, -0.2) is 46.7 Å². The third-order valence-electron chi connectivity index (χ3n) is 7.08. The number of nitrogens with one attached hydrogen (secondary N) is 1. The van der Waals surface area contributed by atoms with Crippen LogP contribution in [0.3, 0.4) is 0 Å². The third-order valence-corrected chi connectivity index (χ3v) is 7.08. The maximum Gasteiger partial charge on any atom is 0.234 e. The van der Waals surface area contributed by atoms with Crippen molar-refractivity contribution in [3.05, 3.63) is 0 Å². The minimum atomic E-state index is -0.723. The van der Waals surface area contributed by atoms with Crippen molar-refractivity contribution in [1.29, 1.82) is 0 Å². The molecule has 130 valence electrons. The van der Waals surface area contributed by atoms with E-state index in [0.29, 0.717) is 12.6 Å². The SMILES string of the molecule is CC(C)(O)C1CCCN1CC(=O)NC1C2CC3CC(C2)CC1C3. The van der Waals surface area contributed by atoms with Gasteiger partial charge >= 0.3 is 0 Å². The second-order valence-electron chi connectivity index (χ2n) is 9.31. The van der Waals surface area contributed by atoms with Gasteiger partial charge in [-0.1, -0.05) is 0 Å². The standard InChI is InChI=1S/C19H32N2O2/c1-19(2,23)16-4-3-5-21(16)11-17(22)20-18-14-7-12-6-13(9-14)10-15(18)8-12/h12-16,18,23H,3-11H2,1-2H3,(H,20,22). The topological polar surface area (TPSA) is 52.6 Å². The number of hydrogen-bond donors (Lipinski definition) is 2. The molecule has 1 heterocycles. The first-order valence-corrected chi connectivity index (χ1v) is 9.66. The van der Waals surface area contributed by atoms with Gasteiger partial charge in [-0.3, -0.25) is 9.69 Å². The first kappa shape index (κ1) is 15.9. The van der Waals surface area contributed by atoms with Gasteiger partial charge in [0.15, 0.2) is 0 Å². The lowest BCUT2D eigenvalue weighted by atomic mass is 9.54. The van der Waals surface area contributed by atoms with Crippen molar-refractivity contribution < 1.29 is 9.90 Å². The first-order chi connectivity index (χ1) is 10.9. The summed E-state index contributed by atoms with van der Waals surface area (Å²) >= 11 is 0. The van der Waals surface area contributed by atoms with E-state index in [9.17, 15) is 9.90 Å². The molecule has 0 aromatic heterocycles. The van der Waals surface area contributed by atoms with Crippen LogP contribution >= 0.6 is 0 Å². The minimum absolute atomic E-state index is 0.117. The molecule has 1 unspecified atom stereocenters. The largest absolute Gasteiger partial charge is 0.389 e. The van der Waals surface area contributed by atoms with Crippen LogP contribution in [0.25, 0.3) is 0 Å². The van der Waals surface area contributed by atoms with Crippen LogP contribution in [0.1, 0.15) is 58.8 Å². The molecule has 4 nitrogen and oxygen atoms in total. The Kier molecular flexibility index (Phi) is 3.96. The van der Waals surface area contributed by atoms with E-state index in [2.05, 4.69) is 10.2 Å². The molecule has 5 aliphatic rings. The molecule has 0 spiro atoms. The van der Waals surface area contributed by atoms with Gasteiger partial charge in [0.2, 0.25) is 5.91 Å². The van der Waals surface area contributed by atoms with Crippen molar-refractivity contribution in [3.8, 4) is 0 Å². The zero-order valence-corrected chi connectivity index (χ0v) is 14.6. The number of hydrogen-bond acceptors (Lipinski definition) is 3. The predicted molar refractivity (Wildman–Crippen MR) is 89.9 cm³/mol. The zero-order valence-electron chi connectivity index (χ0n) is 14.6. The fourth-order valence-corrected chi connectivity index (χ4v) is 6.39. The average molecular weight is 320 g/mol.